The molecule has 0 saturated carbocycles. The molecule has 0 radical (unpaired) electrons. The van der Waals surface area contributed by atoms with E-state index in [0.29, 0.717) is 0 Å². The smallest absolute Gasteiger partial charge is 0.122 e. The van der Waals surface area contributed by atoms with Crippen LogP contribution in [0.15, 0.2) is 41.3 Å². The van der Waals surface area contributed by atoms with Crippen LogP contribution in [-0.4, -0.2) is 12.4 Å². The van der Waals surface area contributed by atoms with Gasteiger partial charge >= 0.3 is 0 Å². The second-order valence-electron chi connectivity index (χ2n) is 5.18. The molecule has 104 valence electrons. The van der Waals surface area contributed by atoms with Gasteiger partial charge in [-0.15, -0.1) is 11.8 Å². The van der Waals surface area contributed by atoms with Crippen LogP contribution in [0.2, 0.25) is 0 Å². The zero-order chi connectivity index (χ0) is 13.9. The number of fused-ring (bicyclic) bond motifs is 1. The molecule has 2 aromatic rings. The molecule has 2 nitrogen and oxygen atoms in total. The molecule has 0 fully saturated rings. The van der Waals surface area contributed by atoms with Gasteiger partial charge in [0.2, 0.25) is 0 Å². The number of thioether (sulfide) groups is 1. The highest BCUT2D eigenvalue weighted by atomic mass is 32.2. The molecule has 3 rings (SSSR count). The lowest BCUT2D eigenvalue weighted by Gasteiger charge is -2.07. The summed E-state index contributed by atoms with van der Waals surface area (Å²) in [7, 11) is 0. The third kappa shape index (κ3) is 2.93. The van der Waals surface area contributed by atoms with Gasteiger partial charge in [0.1, 0.15) is 5.75 Å². The Morgan fingerprint density at radius 2 is 2.10 bits per heavy atom. The molecule has 0 unspecified atom stereocenters. The Kier molecular flexibility index (Phi) is 3.88. The van der Waals surface area contributed by atoms with E-state index in [-0.39, 0.29) is 0 Å². The van der Waals surface area contributed by atoms with Crippen molar-refractivity contribution in [3.63, 3.8) is 0 Å². The molecule has 2 N–H and O–H groups in total. The second-order valence-corrected chi connectivity index (χ2v) is 6.32. The monoisotopic (exact) mass is 285 g/mol. The summed E-state index contributed by atoms with van der Waals surface area (Å²) in [4.78, 5) is 1.18. The maximum Gasteiger partial charge on any atom is 0.122 e. The summed E-state index contributed by atoms with van der Waals surface area (Å²) in [5.74, 6) is 2.11. The van der Waals surface area contributed by atoms with Crippen molar-refractivity contribution in [3.05, 3.63) is 53.1 Å². The Morgan fingerprint density at radius 1 is 1.20 bits per heavy atom. The van der Waals surface area contributed by atoms with Crippen LogP contribution in [0.3, 0.4) is 0 Å². The molecule has 0 bridgehead atoms. The van der Waals surface area contributed by atoms with E-state index in [0.717, 1.165) is 36.6 Å². The minimum atomic E-state index is 0.827. The van der Waals surface area contributed by atoms with Crippen molar-refractivity contribution in [3.8, 4) is 5.75 Å². The number of rotatable bonds is 4. The van der Waals surface area contributed by atoms with Gasteiger partial charge in [-0.05, 0) is 48.2 Å². The van der Waals surface area contributed by atoms with Gasteiger partial charge < -0.3 is 10.5 Å². The van der Waals surface area contributed by atoms with E-state index in [2.05, 4.69) is 37.3 Å². The highest BCUT2D eigenvalue weighted by Crippen LogP contribution is 2.29. The van der Waals surface area contributed by atoms with Crippen LogP contribution in [0.5, 0.6) is 5.75 Å². The Balaban J connectivity index is 1.60. The number of hydrogen-bond donors (Lipinski definition) is 1. The number of ether oxygens (including phenoxy) is 1. The summed E-state index contributed by atoms with van der Waals surface area (Å²) < 4.78 is 5.53. The number of nitrogens with two attached hydrogens (primary N) is 1. The summed E-state index contributed by atoms with van der Waals surface area (Å²) in [6, 6.07) is 12.8. The number of anilines is 1. The molecule has 2 aromatic carbocycles. The second kappa shape index (κ2) is 5.80. The van der Waals surface area contributed by atoms with Gasteiger partial charge in [0.15, 0.2) is 0 Å². The fraction of sp³-hybridized carbons (Fsp3) is 0.294. The number of nitrogen functional groups attached to an aromatic ring is 1. The first-order chi connectivity index (χ1) is 9.72. The zero-order valence-electron chi connectivity index (χ0n) is 11.7. The van der Waals surface area contributed by atoms with Gasteiger partial charge in [0.25, 0.3) is 0 Å². The van der Waals surface area contributed by atoms with Crippen LogP contribution in [0.1, 0.15) is 16.7 Å². The first-order valence-corrected chi connectivity index (χ1v) is 7.94. The molecule has 3 heteroatoms. The largest absolute Gasteiger partial charge is 0.493 e. The Hall–Kier alpha value is -1.61. The van der Waals surface area contributed by atoms with Gasteiger partial charge in [-0.2, -0.15) is 0 Å². The first-order valence-electron chi connectivity index (χ1n) is 6.96. The topological polar surface area (TPSA) is 35.2 Å². The fourth-order valence-corrected chi connectivity index (χ4v) is 3.42. The molecule has 0 saturated heterocycles. The van der Waals surface area contributed by atoms with Crippen molar-refractivity contribution in [1.29, 1.82) is 0 Å². The molecular formula is C17H19NOS. The first kappa shape index (κ1) is 13.4. The summed E-state index contributed by atoms with van der Waals surface area (Å²) >= 11 is 1.83. The number of aryl methyl sites for hydroxylation is 2. The standard InChI is InChI=1S/C17H19NOS/c1-12-2-5-17(15(18)10-12)20-9-7-13-3-4-16-14(11-13)6-8-19-16/h2-5,10-11H,6-9,18H2,1H3. The quantitative estimate of drug-likeness (QED) is 0.684. The van der Waals surface area contributed by atoms with Gasteiger partial charge in [-0.25, -0.2) is 0 Å². The molecule has 0 aliphatic carbocycles. The molecule has 1 heterocycles. The number of hydrogen-bond acceptors (Lipinski definition) is 3. The average molecular weight is 285 g/mol. The Morgan fingerprint density at radius 3 is 2.95 bits per heavy atom. The van der Waals surface area contributed by atoms with Crippen LogP contribution in [-0.2, 0) is 12.8 Å². The minimum Gasteiger partial charge on any atom is -0.493 e. The van der Waals surface area contributed by atoms with E-state index in [9.17, 15) is 0 Å². The molecule has 0 atom stereocenters. The summed E-state index contributed by atoms with van der Waals surface area (Å²) in [6.07, 6.45) is 2.10. The van der Waals surface area contributed by atoms with E-state index in [1.54, 1.807) is 0 Å². The van der Waals surface area contributed by atoms with Crippen LogP contribution in [0.25, 0.3) is 0 Å². The highest BCUT2D eigenvalue weighted by molar-refractivity contribution is 7.99. The molecule has 1 aliphatic rings. The van der Waals surface area contributed by atoms with Crippen molar-refractivity contribution in [2.75, 3.05) is 18.1 Å². The van der Waals surface area contributed by atoms with Crippen LogP contribution >= 0.6 is 11.8 Å². The Bertz CT molecular complexity index is 624. The van der Waals surface area contributed by atoms with Crippen LogP contribution < -0.4 is 10.5 Å². The van der Waals surface area contributed by atoms with E-state index in [1.165, 1.54) is 21.6 Å². The van der Waals surface area contributed by atoms with Crippen molar-refractivity contribution in [2.45, 2.75) is 24.7 Å². The predicted octanol–water partition coefficient (Wildman–Crippen LogP) is 3.85. The van der Waals surface area contributed by atoms with Gasteiger partial charge in [-0.3, -0.25) is 0 Å². The van der Waals surface area contributed by atoms with E-state index >= 15 is 0 Å². The molecular weight excluding hydrogens is 266 g/mol. The molecule has 1 aliphatic heterocycles. The normalized spacial score (nSPS) is 13.1. The van der Waals surface area contributed by atoms with Crippen molar-refractivity contribution >= 4 is 17.4 Å². The van der Waals surface area contributed by atoms with E-state index in [4.69, 9.17) is 10.5 Å². The molecule has 0 aromatic heterocycles. The van der Waals surface area contributed by atoms with Crippen molar-refractivity contribution in [2.24, 2.45) is 0 Å². The summed E-state index contributed by atoms with van der Waals surface area (Å²) in [5, 5.41) is 0. The zero-order valence-corrected chi connectivity index (χ0v) is 12.5. The minimum absolute atomic E-state index is 0.827. The third-order valence-corrected chi connectivity index (χ3v) is 4.66. The molecule has 0 amide bonds. The Labute approximate surface area is 124 Å². The number of benzene rings is 2. The summed E-state index contributed by atoms with van der Waals surface area (Å²) in [5.41, 5.74) is 10.9. The maximum absolute atomic E-state index is 6.04. The van der Waals surface area contributed by atoms with Crippen molar-refractivity contribution < 1.29 is 4.74 Å². The van der Waals surface area contributed by atoms with E-state index in [1.807, 2.05) is 17.8 Å². The van der Waals surface area contributed by atoms with E-state index < -0.39 is 0 Å². The predicted molar refractivity (Wildman–Crippen MR) is 85.7 cm³/mol. The van der Waals surface area contributed by atoms with Gasteiger partial charge in [0, 0.05) is 22.8 Å². The fourth-order valence-electron chi connectivity index (χ4n) is 2.47. The SMILES string of the molecule is Cc1ccc(SCCc2ccc3c(c2)CCO3)c(N)c1. The maximum atomic E-state index is 6.04. The van der Waals surface area contributed by atoms with Crippen LogP contribution in [0.4, 0.5) is 5.69 Å². The molecule has 0 spiro atoms. The van der Waals surface area contributed by atoms with Crippen molar-refractivity contribution in [1.82, 2.24) is 0 Å². The lowest BCUT2D eigenvalue weighted by Crippen LogP contribution is -1.93. The lowest BCUT2D eigenvalue weighted by atomic mass is 10.1. The average Bonchev–Trinajstić information content (AvgIpc) is 2.89. The highest BCUT2D eigenvalue weighted by Gasteiger charge is 2.11. The summed E-state index contributed by atoms with van der Waals surface area (Å²) in [6.45, 7) is 2.89. The lowest BCUT2D eigenvalue weighted by molar-refractivity contribution is 0.357. The van der Waals surface area contributed by atoms with Crippen LogP contribution in [0, 0.1) is 6.92 Å². The third-order valence-electron chi connectivity index (χ3n) is 3.57. The van der Waals surface area contributed by atoms with Gasteiger partial charge in [0.05, 0.1) is 6.61 Å². The van der Waals surface area contributed by atoms with Gasteiger partial charge in [-0.1, -0.05) is 18.2 Å². The molecule has 20 heavy (non-hydrogen) atoms.